The highest BCUT2D eigenvalue weighted by Gasteiger charge is 2.06. The maximum Gasteiger partial charge on any atom is 0.225 e. The summed E-state index contributed by atoms with van der Waals surface area (Å²) in [6.07, 6.45) is 1.24. The van der Waals surface area contributed by atoms with Crippen LogP contribution in [0.5, 0.6) is 5.75 Å². The van der Waals surface area contributed by atoms with Gasteiger partial charge in [-0.3, -0.25) is 4.79 Å². The van der Waals surface area contributed by atoms with Crippen LogP contribution >= 0.6 is 23.2 Å². The molecule has 4 nitrogen and oxygen atoms in total. The van der Waals surface area contributed by atoms with Crippen LogP contribution in [0.2, 0.25) is 10.0 Å². The van der Waals surface area contributed by atoms with Crippen molar-refractivity contribution in [1.82, 2.24) is 5.32 Å². The number of amides is 1. The van der Waals surface area contributed by atoms with Gasteiger partial charge in [-0.2, -0.15) is 0 Å². The number of rotatable bonds is 8. The number of carbonyl (C=O) groups is 1. The average Bonchev–Trinajstić information content (AvgIpc) is 2.58. The second kappa shape index (κ2) is 9.52. The van der Waals surface area contributed by atoms with Gasteiger partial charge in [-0.25, -0.2) is 0 Å². The molecule has 0 aromatic heterocycles. The van der Waals surface area contributed by atoms with E-state index in [4.69, 9.17) is 27.9 Å². The Balaban J connectivity index is 1.68. The van der Waals surface area contributed by atoms with Crippen molar-refractivity contribution in [3.8, 4) is 5.75 Å². The number of benzene rings is 2. The predicted octanol–water partition coefficient (Wildman–Crippen LogP) is 4.16. The predicted molar refractivity (Wildman–Crippen MR) is 99.3 cm³/mol. The molecule has 2 aromatic rings. The van der Waals surface area contributed by atoms with E-state index in [9.17, 15) is 4.79 Å². The summed E-state index contributed by atoms with van der Waals surface area (Å²) in [5.74, 6) is 0.748. The molecule has 0 aliphatic heterocycles. The molecular weight excluding hydrogens is 347 g/mol. The topological polar surface area (TPSA) is 50.4 Å². The molecule has 0 saturated carbocycles. The van der Waals surface area contributed by atoms with E-state index >= 15 is 0 Å². The molecule has 0 radical (unpaired) electrons. The molecule has 0 atom stereocenters. The van der Waals surface area contributed by atoms with E-state index in [1.165, 1.54) is 5.56 Å². The minimum atomic E-state index is -0.104. The van der Waals surface area contributed by atoms with Crippen LogP contribution in [-0.4, -0.2) is 26.1 Å². The number of hydrogen-bond donors (Lipinski definition) is 2. The van der Waals surface area contributed by atoms with Crippen LogP contribution in [0.25, 0.3) is 0 Å². The number of halogens is 2. The largest absolute Gasteiger partial charge is 0.497 e. The highest BCUT2D eigenvalue weighted by atomic mass is 35.5. The lowest BCUT2D eigenvalue weighted by atomic mass is 10.1. The van der Waals surface area contributed by atoms with E-state index in [0.29, 0.717) is 28.7 Å². The van der Waals surface area contributed by atoms with Crippen molar-refractivity contribution in [2.75, 3.05) is 25.5 Å². The summed E-state index contributed by atoms with van der Waals surface area (Å²) >= 11 is 11.9. The minimum Gasteiger partial charge on any atom is -0.497 e. The Morgan fingerprint density at radius 3 is 2.75 bits per heavy atom. The molecule has 0 aliphatic carbocycles. The van der Waals surface area contributed by atoms with E-state index < -0.39 is 0 Å². The molecule has 24 heavy (non-hydrogen) atoms. The third kappa shape index (κ3) is 6.04. The molecule has 2 rings (SSSR count). The van der Waals surface area contributed by atoms with E-state index in [2.05, 4.69) is 16.7 Å². The van der Waals surface area contributed by atoms with Crippen molar-refractivity contribution in [2.24, 2.45) is 0 Å². The van der Waals surface area contributed by atoms with Gasteiger partial charge >= 0.3 is 0 Å². The Kier molecular flexibility index (Phi) is 7.37. The molecule has 0 spiro atoms. The molecule has 0 bridgehead atoms. The zero-order valence-electron chi connectivity index (χ0n) is 13.4. The second-order valence-electron chi connectivity index (χ2n) is 5.27. The van der Waals surface area contributed by atoms with Gasteiger partial charge in [0.1, 0.15) is 5.75 Å². The van der Waals surface area contributed by atoms with Crippen LogP contribution in [0.1, 0.15) is 12.0 Å². The number of carbonyl (C=O) groups excluding carboxylic acids is 1. The molecule has 2 aromatic carbocycles. The molecule has 2 N–H and O–H groups in total. The monoisotopic (exact) mass is 366 g/mol. The lowest BCUT2D eigenvalue weighted by Crippen LogP contribution is -2.23. The summed E-state index contributed by atoms with van der Waals surface area (Å²) < 4.78 is 5.19. The van der Waals surface area contributed by atoms with Crippen molar-refractivity contribution in [3.63, 3.8) is 0 Å². The molecular formula is C18H20Cl2N2O2. The normalized spacial score (nSPS) is 10.5. The maximum atomic E-state index is 11.9. The first-order valence-corrected chi connectivity index (χ1v) is 8.42. The van der Waals surface area contributed by atoms with Gasteiger partial charge in [0.2, 0.25) is 5.91 Å². The first kappa shape index (κ1) is 18.6. The standard InChI is InChI=1S/C18H20Cl2N2O2/c1-24-15-4-2-3-13(11-15)7-9-21-10-8-18(23)22-17-12-14(19)5-6-16(17)20/h2-6,11-12,21H,7-10H2,1H3,(H,22,23). The van der Waals surface area contributed by atoms with Crippen LogP contribution in [0.3, 0.4) is 0 Å². The van der Waals surface area contributed by atoms with Gasteiger partial charge in [0.15, 0.2) is 0 Å². The van der Waals surface area contributed by atoms with Gasteiger partial charge in [0.25, 0.3) is 0 Å². The summed E-state index contributed by atoms with van der Waals surface area (Å²) in [6, 6.07) is 12.9. The Labute approximate surface area is 152 Å². The Bertz CT molecular complexity index is 692. The quantitative estimate of drug-likeness (QED) is 0.689. The highest BCUT2D eigenvalue weighted by Crippen LogP contribution is 2.25. The van der Waals surface area contributed by atoms with Gasteiger partial charge in [0.05, 0.1) is 17.8 Å². The number of hydrogen-bond acceptors (Lipinski definition) is 3. The van der Waals surface area contributed by atoms with Crippen molar-refractivity contribution < 1.29 is 9.53 Å². The third-order valence-corrected chi connectivity index (χ3v) is 4.02. The SMILES string of the molecule is COc1cccc(CCNCCC(=O)Nc2cc(Cl)ccc2Cl)c1. The molecule has 6 heteroatoms. The van der Waals surface area contributed by atoms with Gasteiger partial charge in [0, 0.05) is 18.0 Å². The molecule has 0 fully saturated rings. The maximum absolute atomic E-state index is 11.9. The fourth-order valence-corrected chi connectivity index (χ4v) is 2.53. The van der Waals surface area contributed by atoms with Crippen molar-refractivity contribution >= 4 is 34.8 Å². The summed E-state index contributed by atoms with van der Waals surface area (Å²) in [6.45, 7) is 1.38. The van der Waals surface area contributed by atoms with E-state index in [0.717, 1.165) is 18.7 Å². The lowest BCUT2D eigenvalue weighted by Gasteiger charge is -2.09. The first-order valence-electron chi connectivity index (χ1n) is 7.67. The van der Waals surface area contributed by atoms with Crippen LogP contribution in [0.4, 0.5) is 5.69 Å². The van der Waals surface area contributed by atoms with Crippen molar-refractivity contribution in [1.29, 1.82) is 0 Å². The minimum absolute atomic E-state index is 0.104. The Morgan fingerprint density at radius 2 is 1.96 bits per heavy atom. The Hall–Kier alpha value is -1.75. The average molecular weight is 367 g/mol. The number of ether oxygens (including phenoxy) is 1. The van der Waals surface area contributed by atoms with Gasteiger partial charge in [-0.1, -0.05) is 35.3 Å². The lowest BCUT2D eigenvalue weighted by molar-refractivity contribution is -0.116. The van der Waals surface area contributed by atoms with E-state index in [-0.39, 0.29) is 5.91 Å². The van der Waals surface area contributed by atoms with Crippen LogP contribution in [0, 0.1) is 0 Å². The fraction of sp³-hybridized carbons (Fsp3) is 0.278. The Morgan fingerprint density at radius 1 is 1.12 bits per heavy atom. The van der Waals surface area contributed by atoms with Crippen molar-refractivity contribution in [3.05, 3.63) is 58.1 Å². The zero-order valence-corrected chi connectivity index (χ0v) is 15.0. The molecule has 0 unspecified atom stereocenters. The van der Waals surface area contributed by atoms with Gasteiger partial charge in [-0.05, 0) is 48.9 Å². The molecule has 0 saturated heterocycles. The third-order valence-electron chi connectivity index (χ3n) is 3.46. The van der Waals surface area contributed by atoms with Crippen LogP contribution in [-0.2, 0) is 11.2 Å². The number of nitrogens with one attached hydrogen (secondary N) is 2. The zero-order chi connectivity index (χ0) is 17.4. The second-order valence-corrected chi connectivity index (χ2v) is 6.12. The first-order chi connectivity index (χ1) is 11.6. The van der Waals surface area contributed by atoms with E-state index in [1.807, 2.05) is 18.2 Å². The van der Waals surface area contributed by atoms with E-state index in [1.54, 1.807) is 25.3 Å². The van der Waals surface area contributed by atoms with Gasteiger partial charge in [-0.15, -0.1) is 0 Å². The number of anilines is 1. The van der Waals surface area contributed by atoms with Crippen LogP contribution < -0.4 is 15.4 Å². The fourth-order valence-electron chi connectivity index (χ4n) is 2.19. The van der Waals surface area contributed by atoms with Gasteiger partial charge < -0.3 is 15.4 Å². The molecule has 0 aliphatic rings. The summed E-state index contributed by atoms with van der Waals surface area (Å²) in [5, 5.41) is 7.02. The molecule has 1 amide bonds. The molecule has 128 valence electrons. The summed E-state index contributed by atoms with van der Waals surface area (Å²) in [7, 11) is 1.65. The molecule has 0 heterocycles. The van der Waals surface area contributed by atoms with Crippen LogP contribution in [0.15, 0.2) is 42.5 Å². The summed E-state index contributed by atoms with van der Waals surface area (Å²) in [5.41, 5.74) is 1.72. The smallest absolute Gasteiger partial charge is 0.225 e. The summed E-state index contributed by atoms with van der Waals surface area (Å²) in [4.78, 5) is 11.9. The van der Waals surface area contributed by atoms with Crippen molar-refractivity contribution in [2.45, 2.75) is 12.8 Å². The number of methoxy groups -OCH3 is 1. The highest BCUT2D eigenvalue weighted by molar-refractivity contribution is 6.35.